The van der Waals surface area contributed by atoms with Gasteiger partial charge in [0.25, 0.3) is 0 Å². The summed E-state index contributed by atoms with van der Waals surface area (Å²) >= 11 is 1.44. The molecule has 1 N–H and O–H groups in total. The van der Waals surface area contributed by atoms with Gasteiger partial charge in [-0.05, 0) is 25.1 Å². The molecule has 1 heterocycles. The molecule has 2 aromatic rings. The summed E-state index contributed by atoms with van der Waals surface area (Å²) < 4.78 is 18.7. The van der Waals surface area contributed by atoms with Crippen LogP contribution in [0.1, 0.15) is 28.0 Å². The fourth-order valence-corrected chi connectivity index (χ4v) is 2.25. The molecule has 5 nitrogen and oxygen atoms in total. The molecule has 0 aliphatic rings. The zero-order valence-electron chi connectivity index (χ0n) is 11.5. The number of carbonyl (C=O) groups excluding carboxylic acids is 2. The van der Waals surface area contributed by atoms with Crippen LogP contribution in [0.15, 0.2) is 23.6 Å². The summed E-state index contributed by atoms with van der Waals surface area (Å²) in [6, 6.07) is 3.72. The van der Waals surface area contributed by atoms with E-state index in [1.165, 1.54) is 30.4 Å². The topological polar surface area (TPSA) is 68.3 Å². The number of carbonyl (C=O) groups is 2. The van der Waals surface area contributed by atoms with E-state index in [0.29, 0.717) is 11.4 Å². The number of rotatable bonds is 4. The first-order valence-corrected chi connectivity index (χ1v) is 6.99. The number of nitrogens with zero attached hydrogens (tertiary/aromatic N) is 1. The molecule has 2 rings (SSSR count). The van der Waals surface area contributed by atoms with Crippen molar-refractivity contribution in [3.8, 4) is 0 Å². The van der Waals surface area contributed by atoms with Crippen molar-refractivity contribution in [2.24, 2.45) is 0 Å². The Morgan fingerprint density at radius 2 is 2.19 bits per heavy atom. The monoisotopic (exact) mass is 308 g/mol. The van der Waals surface area contributed by atoms with E-state index >= 15 is 0 Å². The third-order valence-corrected chi connectivity index (χ3v) is 3.35. The van der Waals surface area contributed by atoms with Gasteiger partial charge in [0.15, 0.2) is 0 Å². The van der Waals surface area contributed by atoms with Crippen LogP contribution in [0.4, 0.5) is 10.1 Å². The van der Waals surface area contributed by atoms with Crippen molar-refractivity contribution in [1.29, 1.82) is 0 Å². The minimum atomic E-state index is -0.801. The van der Waals surface area contributed by atoms with Gasteiger partial charge in [-0.25, -0.2) is 14.2 Å². The van der Waals surface area contributed by atoms with E-state index in [9.17, 15) is 14.0 Å². The second-order valence-corrected chi connectivity index (χ2v) is 5.37. The molecule has 0 aliphatic carbocycles. The summed E-state index contributed by atoms with van der Waals surface area (Å²) in [7, 11) is 0. The first-order chi connectivity index (χ1) is 9.95. The number of thiazole rings is 1. The number of aryl methyl sites for hydroxylation is 1. The van der Waals surface area contributed by atoms with Crippen molar-refractivity contribution < 1.29 is 18.7 Å². The van der Waals surface area contributed by atoms with E-state index in [1.807, 2.05) is 6.92 Å². The Bertz CT molecular complexity index is 685. The predicted molar refractivity (Wildman–Crippen MR) is 76.7 cm³/mol. The van der Waals surface area contributed by atoms with Crippen LogP contribution < -0.4 is 5.32 Å². The van der Waals surface area contributed by atoms with Crippen molar-refractivity contribution in [2.75, 3.05) is 5.32 Å². The first-order valence-electron chi connectivity index (χ1n) is 6.11. The Hall–Kier alpha value is -2.28. The average Bonchev–Trinajstić information content (AvgIpc) is 2.83. The maximum absolute atomic E-state index is 13.7. The summed E-state index contributed by atoms with van der Waals surface area (Å²) in [5.74, 6) is -1.81. The molecule has 1 aromatic heterocycles. The molecule has 21 heavy (non-hydrogen) atoms. The molecule has 0 spiro atoms. The lowest BCUT2D eigenvalue weighted by Crippen LogP contribution is -2.11. The molecule has 110 valence electrons. The average molecular weight is 308 g/mol. The maximum Gasteiger partial charge on any atom is 0.341 e. The van der Waals surface area contributed by atoms with E-state index in [1.54, 1.807) is 5.38 Å². The fraction of sp³-hybridized carbons (Fsp3) is 0.214. The second-order valence-electron chi connectivity index (χ2n) is 4.31. The van der Waals surface area contributed by atoms with E-state index < -0.39 is 11.8 Å². The smallest absolute Gasteiger partial charge is 0.341 e. The SMILES string of the molecule is CC(=O)Nc1ccc(F)c(C(=O)OCc2csc(C)n2)c1. The zero-order chi connectivity index (χ0) is 15.4. The van der Waals surface area contributed by atoms with E-state index in [-0.39, 0.29) is 18.1 Å². The first kappa shape index (κ1) is 15.1. The molecular formula is C14H13FN2O3S. The molecule has 0 unspecified atom stereocenters. The number of esters is 1. The zero-order valence-corrected chi connectivity index (χ0v) is 12.3. The highest BCUT2D eigenvalue weighted by Crippen LogP contribution is 2.17. The van der Waals surface area contributed by atoms with Gasteiger partial charge in [0.1, 0.15) is 12.4 Å². The van der Waals surface area contributed by atoms with Gasteiger partial charge in [-0.15, -0.1) is 11.3 Å². The van der Waals surface area contributed by atoms with Gasteiger partial charge in [0, 0.05) is 18.0 Å². The molecule has 0 saturated heterocycles. The number of hydrogen-bond donors (Lipinski definition) is 1. The summed E-state index contributed by atoms with van der Waals surface area (Å²) in [5.41, 5.74) is 0.720. The normalized spacial score (nSPS) is 10.2. The molecule has 0 atom stereocenters. The number of ether oxygens (including phenoxy) is 1. The number of halogens is 1. The molecular weight excluding hydrogens is 295 g/mol. The van der Waals surface area contributed by atoms with Crippen LogP contribution in [0.5, 0.6) is 0 Å². The summed E-state index contributed by atoms with van der Waals surface area (Å²) in [4.78, 5) is 27.0. The fourth-order valence-electron chi connectivity index (χ4n) is 1.65. The molecule has 0 radical (unpaired) electrons. The van der Waals surface area contributed by atoms with Gasteiger partial charge >= 0.3 is 5.97 Å². The van der Waals surface area contributed by atoms with E-state index in [0.717, 1.165) is 11.1 Å². The van der Waals surface area contributed by atoms with Crippen LogP contribution in [0.2, 0.25) is 0 Å². The summed E-state index contributed by atoms with van der Waals surface area (Å²) in [5, 5.41) is 5.11. The molecule has 0 fully saturated rings. The lowest BCUT2D eigenvalue weighted by molar-refractivity contribution is -0.114. The molecule has 0 bridgehead atoms. The Morgan fingerprint density at radius 1 is 1.43 bits per heavy atom. The van der Waals surface area contributed by atoms with Crippen LogP contribution >= 0.6 is 11.3 Å². The van der Waals surface area contributed by atoms with Crippen LogP contribution in [-0.2, 0) is 16.1 Å². The minimum Gasteiger partial charge on any atom is -0.455 e. The van der Waals surface area contributed by atoms with Gasteiger partial charge in [0.05, 0.1) is 16.3 Å². The highest BCUT2D eigenvalue weighted by molar-refractivity contribution is 7.09. The number of aromatic nitrogens is 1. The Balaban J connectivity index is 2.08. The van der Waals surface area contributed by atoms with Crippen LogP contribution in [-0.4, -0.2) is 16.9 Å². The Morgan fingerprint density at radius 3 is 2.81 bits per heavy atom. The van der Waals surface area contributed by atoms with Crippen LogP contribution in [0.3, 0.4) is 0 Å². The largest absolute Gasteiger partial charge is 0.455 e. The summed E-state index contributed by atoms with van der Waals surface area (Å²) in [6.07, 6.45) is 0. The van der Waals surface area contributed by atoms with Crippen LogP contribution in [0.25, 0.3) is 0 Å². The predicted octanol–water partition coefficient (Wildman–Crippen LogP) is 2.91. The number of nitrogens with one attached hydrogen (secondary N) is 1. The lowest BCUT2D eigenvalue weighted by atomic mass is 10.2. The molecule has 0 aliphatic heterocycles. The lowest BCUT2D eigenvalue weighted by Gasteiger charge is -2.07. The third kappa shape index (κ3) is 4.09. The van der Waals surface area contributed by atoms with E-state index in [2.05, 4.69) is 10.3 Å². The highest BCUT2D eigenvalue weighted by atomic mass is 32.1. The molecule has 1 aromatic carbocycles. The van der Waals surface area contributed by atoms with Crippen LogP contribution in [0, 0.1) is 12.7 Å². The van der Waals surface area contributed by atoms with Crippen molar-refractivity contribution in [1.82, 2.24) is 4.98 Å². The van der Waals surface area contributed by atoms with Gasteiger partial charge < -0.3 is 10.1 Å². The molecule has 7 heteroatoms. The highest BCUT2D eigenvalue weighted by Gasteiger charge is 2.15. The van der Waals surface area contributed by atoms with Gasteiger partial charge in [-0.2, -0.15) is 0 Å². The van der Waals surface area contributed by atoms with Gasteiger partial charge in [-0.3, -0.25) is 4.79 Å². The number of anilines is 1. The number of benzene rings is 1. The quantitative estimate of drug-likeness (QED) is 0.882. The maximum atomic E-state index is 13.7. The van der Waals surface area contributed by atoms with Gasteiger partial charge in [0.2, 0.25) is 5.91 Å². The Labute approximate surface area is 124 Å². The molecule has 1 amide bonds. The standard InChI is InChI=1S/C14H13FN2O3S/c1-8(18)16-10-3-4-13(15)12(5-10)14(19)20-6-11-7-21-9(2)17-11/h3-5,7H,6H2,1-2H3,(H,16,18). The van der Waals surface area contributed by atoms with Crippen molar-refractivity contribution in [3.05, 3.63) is 45.7 Å². The van der Waals surface area contributed by atoms with Crippen molar-refractivity contribution in [2.45, 2.75) is 20.5 Å². The van der Waals surface area contributed by atoms with E-state index in [4.69, 9.17) is 4.74 Å². The van der Waals surface area contributed by atoms with Crippen molar-refractivity contribution in [3.63, 3.8) is 0 Å². The summed E-state index contributed by atoms with van der Waals surface area (Å²) in [6.45, 7) is 3.14. The third-order valence-electron chi connectivity index (χ3n) is 2.52. The number of amides is 1. The van der Waals surface area contributed by atoms with Gasteiger partial charge in [-0.1, -0.05) is 0 Å². The number of hydrogen-bond acceptors (Lipinski definition) is 5. The second kappa shape index (κ2) is 6.45. The Kier molecular flexibility index (Phi) is 4.64. The minimum absolute atomic E-state index is 0.0209. The molecule has 0 saturated carbocycles. The van der Waals surface area contributed by atoms with Crippen molar-refractivity contribution >= 4 is 28.9 Å².